The Kier molecular flexibility index (Phi) is 3.67. The lowest BCUT2D eigenvalue weighted by molar-refractivity contribution is 0.0949. The minimum absolute atomic E-state index is 0.144. The number of pyridine rings is 1. The summed E-state index contributed by atoms with van der Waals surface area (Å²) in [6, 6.07) is 7.47. The third-order valence-corrected chi connectivity index (χ3v) is 4.86. The van der Waals surface area contributed by atoms with Crippen LogP contribution in [0.5, 0.6) is 0 Å². The van der Waals surface area contributed by atoms with E-state index < -0.39 is 0 Å². The van der Waals surface area contributed by atoms with Gasteiger partial charge in [-0.25, -0.2) is 4.98 Å². The first-order valence-electron chi connectivity index (χ1n) is 8.86. The molecule has 5 rings (SSSR count). The van der Waals surface area contributed by atoms with Crippen molar-refractivity contribution in [2.75, 3.05) is 0 Å². The highest BCUT2D eigenvalue weighted by Gasteiger charge is 2.18. The summed E-state index contributed by atoms with van der Waals surface area (Å²) in [6.07, 6.45) is 7.18. The van der Waals surface area contributed by atoms with Gasteiger partial charge in [-0.1, -0.05) is 12.1 Å². The highest BCUT2D eigenvalue weighted by atomic mass is 16.1. The summed E-state index contributed by atoms with van der Waals surface area (Å²) >= 11 is 0. The summed E-state index contributed by atoms with van der Waals surface area (Å²) in [6.45, 7) is 1.29. The van der Waals surface area contributed by atoms with E-state index in [1.54, 1.807) is 24.8 Å². The Morgan fingerprint density at radius 3 is 3.19 bits per heavy atom. The maximum atomic E-state index is 12.6. The van der Waals surface area contributed by atoms with Crippen molar-refractivity contribution in [1.82, 2.24) is 35.0 Å². The third-order valence-electron chi connectivity index (χ3n) is 4.86. The first kappa shape index (κ1) is 15.7. The number of aromatic nitrogens is 6. The molecule has 27 heavy (non-hydrogen) atoms. The zero-order valence-electron chi connectivity index (χ0n) is 14.5. The number of H-pyrrole nitrogens is 1. The average molecular weight is 359 g/mol. The monoisotopic (exact) mass is 359 g/mol. The Labute approximate surface area is 154 Å². The van der Waals surface area contributed by atoms with Gasteiger partial charge in [0.05, 0.1) is 30.1 Å². The highest BCUT2D eigenvalue weighted by molar-refractivity contribution is 5.97. The van der Waals surface area contributed by atoms with Crippen molar-refractivity contribution in [2.24, 2.45) is 0 Å². The number of benzene rings is 1. The molecule has 4 aromatic rings. The summed E-state index contributed by atoms with van der Waals surface area (Å²) in [7, 11) is 0. The number of fused-ring (bicyclic) bond motifs is 2. The van der Waals surface area contributed by atoms with E-state index in [1.807, 2.05) is 18.2 Å². The minimum Gasteiger partial charge on any atom is -0.345 e. The van der Waals surface area contributed by atoms with Gasteiger partial charge in [0.2, 0.25) is 0 Å². The number of carbonyl (C=O) groups is 1. The van der Waals surface area contributed by atoms with E-state index in [9.17, 15) is 4.79 Å². The van der Waals surface area contributed by atoms with E-state index in [-0.39, 0.29) is 5.91 Å². The molecular weight excluding hydrogens is 342 g/mol. The van der Waals surface area contributed by atoms with Gasteiger partial charge in [-0.15, -0.1) is 10.2 Å². The van der Waals surface area contributed by atoms with Crippen LogP contribution in [-0.2, 0) is 19.5 Å². The molecule has 3 aromatic heterocycles. The molecule has 0 saturated carbocycles. The van der Waals surface area contributed by atoms with Crippen LogP contribution in [0.3, 0.4) is 0 Å². The fourth-order valence-electron chi connectivity index (χ4n) is 3.51. The van der Waals surface area contributed by atoms with Gasteiger partial charge < -0.3 is 14.9 Å². The molecule has 1 aromatic carbocycles. The number of hydrogen-bond acceptors (Lipinski definition) is 5. The number of nitrogens with zero attached hydrogens (tertiary/aromatic N) is 5. The lowest BCUT2D eigenvalue weighted by Crippen LogP contribution is -2.24. The predicted octanol–water partition coefficient (Wildman–Crippen LogP) is 2.09. The molecule has 1 amide bonds. The molecule has 8 heteroatoms. The fraction of sp³-hybridized carbons (Fsp3) is 0.211. The Balaban J connectivity index is 1.38. The maximum Gasteiger partial charge on any atom is 0.251 e. The fourth-order valence-corrected chi connectivity index (χ4v) is 3.51. The molecule has 134 valence electrons. The molecule has 0 unspecified atom stereocenters. The van der Waals surface area contributed by atoms with Gasteiger partial charge >= 0.3 is 0 Å². The second-order valence-corrected chi connectivity index (χ2v) is 6.54. The number of aryl methyl sites for hydroxylation is 1. The van der Waals surface area contributed by atoms with Crippen LogP contribution in [-0.4, -0.2) is 35.6 Å². The van der Waals surface area contributed by atoms with Crippen LogP contribution >= 0.6 is 0 Å². The Morgan fingerprint density at radius 1 is 1.26 bits per heavy atom. The highest BCUT2D eigenvalue weighted by Crippen LogP contribution is 2.26. The molecule has 0 bridgehead atoms. The van der Waals surface area contributed by atoms with E-state index in [0.717, 1.165) is 53.2 Å². The van der Waals surface area contributed by atoms with Crippen molar-refractivity contribution in [1.29, 1.82) is 0 Å². The molecule has 8 nitrogen and oxygen atoms in total. The standard InChI is InChI=1S/C19H17N7O/c27-19(21-10-17-25-24-16-5-2-6-26(16)17)13-4-1-3-12(7-13)14-8-20-9-15-18(14)23-11-22-15/h1,3-4,7-9,11H,2,5-6,10H2,(H,21,27)(H,22,23). The Bertz CT molecular complexity index is 1140. The first-order chi connectivity index (χ1) is 13.3. The van der Waals surface area contributed by atoms with Crippen molar-refractivity contribution in [3.63, 3.8) is 0 Å². The number of imidazole rings is 1. The molecule has 4 heterocycles. The van der Waals surface area contributed by atoms with Crippen LogP contribution in [0.1, 0.15) is 28.4 Å². The molecule has 0 radical (unpaired) electrons. The van der Waals surface area contributed by atoms with Gasteiger partial charge in [0.1, 0.15) is 5.82 Å². The number of amides is 1. The quantitative estimate of drug-likeness (QED) is 0.581. The van der Waals surface area contributed by atoms with Crippen LogP contribution in [0.4, 0.5) is 0 Å². The van der Waals surface area contributed by atoms with Crippen molar-refractivity contribution in [3.05, 3.63) is 60.2 Å². The normalized spacial score (nSPS) is 13.0. The van der Waals surface area contributed by atoms with Crippen molar-refractivity contribution >= 4 is 16.9 Å². The number of carbonyl (C=O) groups excluding carboxylic acids is 1. The summed E-state index contributed by atoms with van der Waals surface area (Å²) in [4.78, 5) is 24.3. The number of nitrogens with one attached hydrogen (secondary N) is 2. The molecule has 0 saturated heterocycles. The summed E-state index contributed by atoms with van der Waals surface area (Å²) in [5.74, 6) is 1.66. The zero-order valence-corrected chi connectivity index (χ0v) is 14.5. The minimum atomic E-state index is -0.144. The number of aromatic amines is 1. The largest absolute Gasteiger partial charge is 0.345 e. The first-order valence-corrected chi connectivity index (χ1v) is 8.86. The van der Waals surface area contributed by atoms with Crippen molar-refractivity contribution in [2.45, 2.75) is 25.9 Å². The molecule has 0 atom stereocenters. The zero-order chi connectivity index (χ0) is 18.2. The number of rotatable bonds is 4. The average Bonchev–Trinajstić information content (AvgIpc) is 3.43. The topological polar surface area (TPSA) is 101 Å². The van der Waals surface area contributed by atoms with Crippen molar-refractivity contribution in [3.8, 4) is 11.1 Å². The second kappa shape index (κ2) is 6.31. The van der Waals surface area contributed by atoms with E-state index in [0.29, 0.717) is 12.1 Å². The Morgan fingerprint density at radius 2 is 2.22 bits per heavy atom. The molecule has 0 spiro atoms. The predicted molar refractivity (Wildman–Crippen MR) is 98.8 cm³/mol. The molecule has 0 aliphatic carbocycles. The summed E-state index contributed by atoms with van der Waals surface area (Å²) < 4.78 is 2.08. The van der Waals surface area contributed by atoms with Gasteiger partial charge in [0, 0.05) is 30.3 Å². The van der Waals surface area contributed by atoms with Crippen LogP contribution in [0.25, 0.3) is 22.2 Å². The van der Waals surface area contributed by atoms with Gasteiger partial charge in [-0.3, -0.25) is 9.78 Å². The summed E-state index contributed by atoms with van der Waals surface area (Å²) in [5.41, 5.74) is 4.07. The van der Waals surface area contributed by atoms with Gasteiger partial charge in [-0.05, 0) is 24.1 Å². The van der Waals surface area contributed by atoms with E-state index in [4.69, 9.17) is 0 Å². The molecule has 1 aliphatic heterocycles. The van der Waals surface area contributed by atoms with Gasteiger partial charge in [0.25, 0.3) is 5.91 Å². The molecule has 0 fully saturated rings. The Hall–Kier alpha value is -3.55. The van der Waals surface area contributed by atoms with Crippen LogP contribution in [0.15, 0.2) is 43.0 Å². The SMILES string of the molecule is O=C(NCc1nnc2n1CCC2)c1cccc(-c2cncc3[nH]cnc23)c1. The van der Waals surface area contributed by atoms with Crippen LogP contribution in [0.2, 0.25) is 0 Å². The third kappa shape index (κ3) is 2.75. The summed E-state index contributed by atoms with van der Waals surface area (Å²) in [5, 5.41) is 11.3. The maximum absolute atomic E-state index is 12.6. The lowest BCUT2D eigenvalue weighted by atomic mass is 10.0. The van der Waals surface area contributed by atoms with E-state index in [1.165, 1.54) is 0 Å². The van der Waals surface area contributed by atoms with E-state index >= 15 is 0 Å². The number of hydrogen-bond donors (Lipinski definition) is 2. The van der Waals surface area contributed by atoms with Gasteiger partial charge in [-0.2, -0.15) is 0 Å². The lowest BCUT2D eigenvalue weighted by Gasteiger charge is -2.08. The smallest absolute Gasteiger partial charge is 0.251 e. The second-order valence-electron chi connectivity index (χ2n) is 6.54. The molecular formula is C19H17N7O. The molecule has 1 aliphatic rings. The van der Waals surface area contributed by atoms with Crippen molar-refractivity contribution < 1.29 is 4.79 Å². The van der Waals surface area contributed by atoms with Crippen LogP contribution in [0, 0.1) is 0 Å². The van der Waals surface area contributed by atoms with Crippen LogP contribution < -0.4 is 5.32 Å². The van der Waals surface area contributed by atoms with E-state index in [2.05, 4.69) is 35.0 Å². The molecule has 2 N–H and O–H groups in total. The van der Waals surface area contributed by atoms with Gasteiger partial charge in [0.15, 0.2) is 5.82 Å².